The van der Waals surface area contributed by atoms with Gasteiger partial charge >= 0.3 is 0 Å². The number of nitrogens with zero attached hydrogens (tertiary/aromatic N) is 1. The molecule has 0 radical (unpaired) electrons. The molecule has 0 saturated carbocycles. The fourth-order valence-electron chi connectivity index (χ4n) is 1.87. The van der Waals surface area contributed by atoms with Crippen LogP contribution >= 0.6 is 23.4 Å². The Morgan fingerprint density at radius 1 is 1.44 bits per heavy atom. The lowest BCUT2D eigenvalue weighted by atomic mass is 9.97. The summed E-state index contributed by atoms with van der Waals surface area (Å²) in [6, 6.07) is 4.29. The van der Waals surface area contributed by atoms with E-state index in [4.69, 9.17) is 16.6 Å². The summed E-state index contributed by atoms with van der Waals surface area (Å²) in [6.07, 6.45) is 2.02. The van der Waals surface area contributed by atoms with Crippen LogP contribution in [0.4, 0.5) is 10.1 Å². The molecule has 2 nitrogen and oxygen atoms in total. The van der Waals surface area contributed by atoms with Crippen LogP contribution in [0, 0.1) is 5.82 Å². The van der Waals surface area contributed by atoms with Gasteiger partial charge in [-0.3, -0.25) is 4.99 Å². The zero-order chi connectivity index (χ0) is 13.2. The van der Waals surface area contributed by atoms with Crippen molar-refractivity contribution in [1.29, 1.82) is 0 Å². The first-order chi connectivity index (χ1) is 8.58. The minimum Gasteiger partial charge on any atom is -0.334 e. The molecule has 1 aliphatic heterocycles. The molecule has 1 aromatic carbocycles. The number of hydrogen-bond donors (Lipinski definition) is 1. The van der Waals surface area contributed by atoms with Crippen LogP contribution in [0.1, 0.15) is 26.7 Å². The van der Waals surface area contributed by atoms with E-state index in [9.17, 15) is 4.39 Å². The molecule has 98 valence electrons. The van der Waals surface area contributed by atoms with Crippen molar-refractivity contribution in [2.45, 2.75) is 32.2 Å². The Bertz CT molecular complexity index is 472. The lowest BCUT2D eigenvalue weighted by Crippen LogP contribution is -2.24. The molecule has 0 unspecified atom stereocenters. The lowest BCUT2D eigenvalue weighted by molar-refractivity contribution is 0.456. The van der Waals surface area contributed by atoms with E-state index in [1.807, 2.05) is 0 Å². The highest BCUT2D eigenvalue weighted by atomic mass is 35.5. The third kappa shape index (κ3) is 2.81. The van der Waals surface area contributed by atoms with Crippen LogP contribution in [0.25, 0.3) is 0 Å². The van der Waals surface area contributed by atoms with Crippen molar-refractivity contribution < 1.29 is 4.39 Å². The van der Waals surface area contributed by atoms with Gasteiger partial charge in [-0.25, -0.2) is 4.39 Å². The monoisotopic (exact) mass is 286 g/mol. The zero-order valence-corrected chi connectivity index (χ0v) is 12.0. The van der Waals surface area contributed by atoms with Crippen LogP contribution in [0.2, 0.25) is 5.02 Å². The van der Waals surface area contributed by atoms with Gasteiger partial charge in [0.05, 0.1) is 16.2 Å². The first kappa shape index (κ1) is 13.7. The van der Waals surface area contributed by atoms with E-state index in [1.54, 1.807) is 17.8 Å². The van der Waals surface area contributed by atoms with Crippen molar-refractivity contribution in [2.24, 2.45) is 4.99 Å². The summed E-state index contributed by atoms with van der Waals surface area (Å²) in [5.41, 5.74) is 0.596. The average molecular weight is 287 g/mol. The molecule has 18 heavy (non-hydrogen) atoms. The number of nitrogens with one attached hydrogen (secondary N) is 1. The average Bonchev–Trinajstić information content (AvgIpc) is 2.78. The standard InChI is InChI=1S/C13H16ClFN2S/c1-3-13(4-2)8-18-12(17-13)16-11-7-9(15)5-6-10(11)14/h5-7H,3-4,8H2,1-2H3,(H,16,17). The summed E-state index contributed by atoms with van der Waals surface area (Å²) in [5, 5.41) is 4.44. The molecule has 0 aliphatic carbocycles. The smallest absolute Gasteiger partial charge is 0.161 e. The number of rotatable bonds is 3. The van der Waals surface area contributed by atoms with E-state index in [0.717, 1.165) is 23.8 Å². The van der Waals surface area contributed by atoms with Crippen LogP contribution in [0.5, 0.6) is 0 Å². The van der Waals surface area contributed by atoms with Gasteiger partial charge in [0.15, 0.2) is 5.17 Å². The van der Waals surface area contributed by atoms with Crippen LogP contribution in [-0.4, -0.2) is 16.5 Å². The number of anilines is 1. The predicted molar refractivity (Wildman–Crippen MR) is 78.2 cm³/mol. The summed E-state index contributed by atoms with van der Waals surface area (Å²) < 4.78 is 13.2. The predicted octanol–water partition coefficient (Wildman–Crippen LogP) is 4.55. The second-order valence-corrected chi connectivity index (χ2v) is 5.76. The maximum atomic E-state index is 13.2. The quantitative estimate of drug-likeness (QED) is 0.881. The number of hydrogen-bond acceptors (Lipinski definition) is 3. The Balaban J connectivity index is 2.18. The van der Waals surface area contributed by atoms with E-state index in [-0.39, 0.29) is 11.4 Å². The molecular weight excluding hydrogens is 271 g/mol. The molecule has 1 aromatic rings. The summed E-state index contributed by atoms with van der Waals surface area (Å²) in [6.45, 7) is 4.29. The number of amidine groups is 1. The summed E-state index contributed by atoms with van der Waals surface area (Å²) >= 11 is 7.69. The van der Waals surface area contributed by atoms with E-state index >= 15 is 0 Å². The van der Waals surface area contributed by atoms with Crippen molar-refractivity contribution in [3.63, 3.8) is 0 Å². The molecule has 5 heteroatoms. The summed E-state index contributed by atoms with van der Waals surface area (Å²) in [4.78, 5) is 4.71. The highest BCUT2D eigenvalue weighted by Gasteiger charge is 2.32. The fourth-order valence-corrected chi connectivity index (χ4v) is 3.35. The van der Waals surface area contributed by atoms with Gasteiger partial charge in [0.1, 0.15) is 5.82 Å². The molecular formula is C13H16ClFN2S. The highest BCUT2D eigenvalue weighted by Crippen LogP contribution is 2.34. The molecule has 2 rings (SSSR count). The van der Waals surface area contributed by atoms with Gasteiger partial charge in [0.2, 0.25) is 0 Å². The van der Waals surface area contributed by atoms with E-state index in [1.165, 1.54) is 12.1 Å². The Kier molecular flexibility index (Phi) is 4.17. The van der Waals surface area contributed by atoms with Crippen molar-refractivity contribution in [1.82, 2.24) is 0 Å². The Morgan fingerprint density at radius 2 is 2.17 bits per heavy atom. The van der Waals surface area contributed by atoms with Crippen molar-refractivity contribution >= 4 is 34.2 Å². The van der Waals surface area contributed by atoms with E-state index in [0.29, 0.717) is 10.7 Å². The molecule has 0 fully saturated rings. The number of aliphatic imine (C=N–C) groups is 1. The van der Waals surface area contributed by atoms with Gasteiger partial charge in [-0.1, -0.05) is 37.2 Å². The summed E-state index contributed by atoms with van der Waals surface area (Å²) in [7, 11) is 0. The number of halogens is 2. The number of benzene rings is 1. The molecule has 0 amide bonds. The van der Waals surface area contributed by atoms with Gasteiger partial charge in [0, 0.05) is 5.75 Å². The van der Waals surface area contributed by atoms with Gasteiger partial charge < -0.3 is 5.32 Å². The second kappa shape index (κ2) is 5.49. The van der Waals surface area contributed by atoms with Crippen LogP contribution in [0.3, 0.4) is 0 Å². The highest BCUT2D eigenvalue weighted by molar-refractivity contribution is 8.14. The Morgan fingerprint density at radius 3 is 2.78 bits per heavy atom. The number of thioether (sulfide) groups is 1. The molecule has 1 N–H and O–H groups in total. The Labute approximate surface area is 116 Å². The third-order valence-electron chi connectivity index (χ3n) is 3.30. The second-order valence-electron chi connectivity index (χ2n) is 4.39. The van der Waals surface area contributed by atoms with Crippen molar-refractivity contribution in [2.75, 3.05) is 11.1 Å². The van der Waals surface area contributed by atoms with Crippen LogP contribution in [0.15, 0.2) is 23.2 Å². The van der Waals surface area contributed by atoms with E-state index in [2.05, 4.69) is 19.2 Å². The minimum atomic E-state index is -0.303. The van der Waals surface area contributed by atoms with Crippen molar-refractivity contribution in [3.05, 3.63) is 29.0 Å². The molecule has 0 bridgehead atoms. The molecule has 0 atom stereocenters. The molecule has 0 aromatic heterocycles. The third-order valence-corrected chi connectivity index (χ3v) is 4.78. The minimum absolute atomic E-state index is 0.0206. The van der Waals surface area contributed by atoms with Gasteiger partial charge in [0.25, 0.3) is 0 Å². The summed E-state index contributed by atoms with van der Waals surface area (Å²) in [5.74, 6) is 0.665. The van der Waals surface area contributed by atoms with Crippen LogP contribution in [-0.2, 0) is 0 Å². The fraction of sp³-hybridized carbons (Fsp3) is 0.462. The lowest BCUT2D eigenvalue weighted by Gasteiger charge is -2.20. The largest absolute Gasteiger partial charge is 0.334 e. The zero-order valence-electron chi connectivity index (χ0n) is 10.5. The van der Waals surface area contributed by atoms with Gasteiger partial charge in [-0.15, -0.1) is 0 Å². The topological polar surface area (TPSA) is 24.4 Å². The SMILES string of the molecule is CCC1(CC)CSC(Nc2cc(F)ccc2Cl)=N1. The first-order valence-electron chi connectivity index (χ1n) is 6.03. The van der Waals surface area contributed by atoms with Gasteiger partial charge in [-0.2, -0.15) is 0 Å². The molecule has 0 spiro atoms. The Hall–Kier alpha value is -0.740. The normalized spacial score (nSPS) is 17.7. The van der Waals surface area contributed by atoms with E-state index < -0.39 is 0 Å². The maximum Gasteiger partial charge on any atom is 0.161 e. The van der Waals surface area contributed by atoms with Gasteiger partial charge in [-0.05, 0) is 31.0 Å². The maximum absolute atomic E-state index is 13.2. The first-order valence-corrected chi connectivity index (χ1v) is 7.39. The van der Waals surface area contributed by atoms with Crippen molar-refractivity contribution in [3.8, 4) is 0 Å². The molecule has 1 aliphatic rings. The van der Waals surface area contributed by atoms with Crippen LogP contribution < -0.4 is 5.32 Å². The molecule has 0 saturated heterocycles. The molecule has 1 heterocycles.